The number of nitrogens with one attached hydrogen (secondary N) is 1. The van der Waals surface area contributed by atoms with Crippen LogP contribution in [0, 0.1) is 0 Å². The molecule has 0 heterocycles. The highest BCUT2D eigenvalue weighted by molar-refractivity contribution is 5.33. The molecule has 0 saturated heterocycles. The Kier molecular flexibility index (Phi) is 2.29. The summed E-state index contributed by atoms with van der Waals surface area (Å²) in [6, 6.07) is 7.57. The Morgan fingerprint density at radius 2 is 2.10 bits per heavy atom. The van der Waals surface area contributed by atoms with Gasteiger partial charge in [-0.05, 0) is 11.6 Å². The second-order valence-electron chi connectivity index (χ2n) is 1.99. The number of benzene rings is 1. The third kappa shape index (κ3) is 1.28. The van der Waals surface area contributed by atoms with E-state index in [1.54, 1.807) is 7.11 Å². The van der Waals surface area contributed by atoms with Gasteiger partial charge in [0.2, 0.25) is 0 Å². The fourth-order valence-electron chi connectivity index (χ4n) is 0.849. The van der Waals surface area contributed by atoms with Crippen LogP contribution in [0.25, 0.3) is 5.73 Å². The van der Waals surface area contributed by atoms with Gasteiger partial charge in [-0.25, -0.2) is 0 Å². The molecule has 1 N–H and O–H groups in total. The first-order valence-corrected chi connectivity index (χ1v) is 3.15. The zero-order valence-electron chi connectivity index (χ0n) is 5.92. The zero-order chi connectivity index (χ0) is 7.40. The molecule has 0 aliphatic carbocycles. The van der Waals surface area contributed by atoms with E-state index in [0.717, 1.165) is 11.3 Å². The molecule has 2 nitrogen and oxygen atoms in total. The van der Waals surface area contributed by atoms with Gasteiger partial charge >= 0.3 is 0 Å². The predicted octanol–water partition coefficient (Wildman–Crippen LogP) is 2.25. The first kappa shape index (κ1) is 7.09. The lowest BCUT2D eigenvalue weighted by Gasteiger charge is -2.07. The van der Waals surface area contributed by atoms with Gasteiger partial charge in [0, 0.05) is 0 Å². The Balaban J connectivity index is 2.96. The van der Waals surface area contributed by atoms with Crippen LogP contribution in [0.3, 0.4) is 0 Å². The van der Waals surface area contributed by atoms with Crippen molar-refractivity contribution in [2.75, 3.05) is 7.11 Å². The van der Waals surface area contributed by atoms with Crippen molar-refractivity contribution in [3.8, 4) is 5.75 Å². The molecule has 2 heteroatoms. The van der Waals surface area contributed by atoms with Crippen LogP contribution >= 0.6 is 0 Å². The molecule has 0 aliphatic rings. The summed E-state index contributed by atoms with van der Waals surface area (Å²) in [7, 11) is 1.62. The van der Waals surface area contributed by atoms with Crippen molar-refractivity contribution in [3.63, 3.8) is 0 Å². The van der Waals surface area contributed by atoms with E-state index in [2.05, 4.69) is 0 Å². The van der Waals surface area contributed by atoms with Gasteiger partial charge in [-0.15, -0.1) is 6.54 Å². The predicted molar refractivity (Wildman–Crippen MR) is 41.0 cm³/mol. The second kappa shape index (κ2) is 3.22. The van der Waals surface area contributed by atoms with E-state index in [-0.39, 0.29) is 6.54 Å². The molecule has 0 aromatic heterocycles. The largest absolute Gasteiger partial charge is 0.674 e. The van der Waals surface area contributed by atoms with Crippen LogP contribution in [0.5, 0.6) is 5.75 Å². The van der Waals surface area contributed by atoms with Crippen LogP contribution in [0.2, 0.25) is 0 Å². The Morgan fingerprint density at radius 1 is 1.40 bits per heavy atom. The highest BCUT2D eigenvalue weighted by atomic mass is 16.5. The monoisotopic (exact) mass is 136 g/mol. The van der Waals surface area contributed by atoms with Crippen LogP contribution < -0.4 is 4.74 Å². The molecule has 0 amide bonds. The molecule has 0 radical (unpaired) electrons. The average molecular weight is 136 g/mol. The summed E-state index contributed by atoms with van der Waals surface area (Å²) >= 11 is 0. The van der Waals surface area contributed by atoms with Crippen LogP contribution in [-0.2, 0) is 6.54 Å². The molecule has 0 unspecified atom stereocenters. The number of hydrogen-bond acceptors (Lipinski definition) is 1. The minimum atomic E-state index is 0.282. The molecule has 10 heavy (non-hydrogen) atoms. The van der Waals surface area contributed by atoms with Crippen molar-refractivity contribution < 1.29 is 4.74 Å². The van der Waals surface area contributed by atoms with Crippen molar-refractivity contribution in [2.24, 2.45) is 0 Å². The lowest BCUT2D eigenvalue weighted by atomic mass is 10.2. The highest BCUT2D eigenvalue weighted by Gasteiger charge is 1.92. The van der Waals surface area contributed by atoms with E-state index < -0.39 is 0 Å². The molecule has 1 aromatic carbocycles. The van der Waals surface area contributed by atoms with Gasteiger partial charge in [-0.3, -0.25) is 0 Å². The van der Waals surface area contributed by atoms with Crippen molar-refractivity contribution in [3.05, 3.63) is 35.6 Å². The first-order valence-electron chi connectivity index (χ1n) is 3.15. The zero-order valence-corrected chi connectivity index (χ0v) is 5.92. The van der Waals surface area contributed by atoms with Gasteiger partial charge in [0.15, 0.2) is 0 Å². The second-order valence-corrected chi connectivity index (χ2v) is 1.99. The fourth-order valence-corrected chi connectivity index (χ4v) is 0.849. The fraction of sp³-hybridized carbons (Fsp3) is 0.250. The summed E-state index contributed by atoms with van der Waals surface area (Å²) in [6.45, 7) is 0.282. The van der Waals surface area contributed by atoms with Crippen LogP contribution in [0.15, 0.2) is 24.3 Å². The minimum Gasteiger partial charge on any atom is -0.674 e. The van der Waals surface area contributed by atoms with Crippen LogP contribution in [0.4, 0.5) is 0 Å². The molecule has 1 aromatic rings. The molecule has 1 rings (SSSR count). The lowest BCUT2D eigenvalue weighted by Crippen LogP contribution is -1.87. The Morgan fingerprint density at radius 3 is 2.60 bits per heavy atom. The summed E-state index contributed by atoms with van der Waals surface area (Å²) in [5.41, 5.74) is 8.04. The van der Waals surface area contributed by atoms with Gasteiger partial charge in [0.25, 0.3) is 0 Å². The number of ether oxygens (including phenoxy) is 1. The maximum absolute atomic E-state index is 7.11. The molecule has 0 saturated carbocycles. The van der Waals surface area contributed by atoms with E-state index in [1.165, 1.54) is 0 Å². The Hall–Kier alpha value is -1.02. The van der Waals surface area contributed by atoms with Crippen molar-refractivity contribution in [2.45, 2.75) is 6.54 Å². The number of para-hydroxylation sites is 1. The Bertz CT molecular complexity index is 187. The molecule has 0 atom stereocenters. The third-order valence-electron chi connectivity index (χ3n) is 1.38. The first-order chi connectivity index (χ1) is 4.88. The molecular weight excluding hydrogens is 126 g/mol. The number of rotatable bonds is 2. The Labute approximate surface area is 60.6 Å². The van der Waals surface area contributed by atoms with Gasteiger partial charge in [-0.1, -0.05) is 18.2 Å². The van der Waals surface area contributed by atoms with E-state index in [9.17, 15) is 0 Å². The highest BCUT2D eigenvalue weighted by Crippen LogP contribution is 2.17. The molecular formula is C8H10NO-. The number of hydrogen-bond donors (Lipinski definition) is 0. The summed E-state index contributed by atoms with van der Waals surface area (Å²) in [6.07, 6.45) is 0. The summed E-state index contributed by atoms with van der Waals surface area (Å²) in [5.74, 6) is 0.803. The molecule has 0 bridgehead atoms. The molecule has 54 valence electrons. The van der Waals surface area contributed by atoms with Gasteiger partial charge in [-0.2, -0.15) is 0 Å². The summed E-state index contributed by atoms with van der Waals surface area (Å²) in [4.78, 5) is 0. The van der Waals surface area contributed by atoms with Crippen molar-refractivity contribution in [1.82, 2.24) is 0 Å². The summed E-state index contributed by atoms with van der Waals surface area (Å²) < 4.78 is 5.02. The minimum absolute atomic E-state index is 0.282. The average Bonchev–Trinajstić information content (AvgIpc) is 2.04. The van der Waals surface area contributed by atoms with E-state index >= 15 is 0 Å². The SMILES string of the molecule is COc1ccccc1C[NH-]. The maximum Gasteiger partial charge on any atom is 0.120 e. The van der Waals surface area contributed by atoms with Crippen molar-refractivity contribution >= 4 is 0 Å². The van der Waals surface area contributed by atoms with Gasteiger partial charge < -0.3 is 10.5 Å². The molecule has 0 fully saturated rings. The van der Waals surface area contributed by atoms with E-state index in [1.807, 2.05) is 24.3 Å². The standard InChI is InChI=1S/C8H10NO/c1-10-8-5-3-2-4-7(8)6-9/h2-5,9H,6H2,1H3/q-1. The van der Waals surface area contributed by atoms with Gasteiger partial charge in [0.05, 0.1) is 7.11 Å². The molecule has 0 aliphatic heterocycles. The van der Waals surface area contributed by atoms with E-state index in [0.29, 0.717) is 0 Å². The normalized spacial score (nSPS) is 9.40. The smallest absolute Gasteiger partial charge is 0.120 e. The van der Waals surface area contributed by atoms with Crippen LogP contribution in [-0.4, -0.2) is 7.11 Å². The van der Waals surface area contributed by atoms with Crippen LogP contribution in [0.1, 0.15) is 5.56 Å². The number of methoxy groups -OCH3 is 1. The third-order valence-corrected chi connectivity index (χ3v) is 1.38. The quantitative estimate of drug-likeness (QED) is 0.613. The lowest BCUT2D eigenvalue weighted by molar-refractivity contribution is 0.410. The summed E-state index contributed by atoms with van der Waals surface area (Å²) in [5, 5.41) is 0. The maximum atomic E-state index is 7.11. The van der Waals surface area contributed by atoms with Gasteiger partial charge in [0.1, 0.15) is 5.75 Å². The topological polar surface area (TPSA) is 33.0 Å². The van der Waals surface area contributed by atoms with E-state index in [4.69, 9.17) is 10.5 Å². The molecule has 0 spiro atoms. The van der Waals surface area contributed by atoms with Crippen molar-refractivity contribution in [1.29, 1.82) is 0 Å².